The van der Waals surface area contributed by atoms with Gasteiger partial charge in [-0.25, -0.2) is 0 Å². The summed E-state index contributed by atoms with van der Waals surface area (Å²) in [6.07, 6.45) is 2.31. The Morgan fingerprint density at radius 2 is 1.96 bits per heavy atom. The number of aromatic nitrogens is 3. The van der Waals surface area contributed by atoms with Gasteiger partial charge in [0.1, 0.15) is 17.4 Å². The number of hydrogen-bond acceptors (Lipinski definition) is 6. The second-order valence-electron chi connectivity index (χ2n) is 7.67. The van der Waals surface area contributed by atoms with Gasteiger partial charge in [-0.15, -0.1) is 10.2 Å². The molecule has 1 N–H and O–H groups in total. The third kappa shape index (κ3) is 4.48. The molecule has 2 aromatic rings. The van der Waals surface area contributed by atoms with Gasteiger partial charge in [0.25, 0.3) is 0 Å². The summed E-state index contributed by atoms with van der Waals surface area (Å²) in [5, 5.41) is 18.7. The third-order valence-corrected chi connectivity index (χ3v) is 5.65. The van der Waals surface area contributed by atoms with Gasteiger partial charge in [0.2, 0.25) is 0 Å². The summed E-state index contributed by atoms with van der Waals surface area (Å²) in [6, 6.07) is 7.56. The Balaban J connectivity index is 1.40. The molecule has 7 nitrogen and oxygen atoms in total. The molecule has 7 heteroatoms. The maximum Gasteiger partial charge on any atom is 0.146 e. The molecule has 0 amide bonds. The van der Waals surface area contributed by atoms with Gasteiger partial charge >= 0.3 is 0 Å². The Bertz CT molecular complexity index is 757. The van der Waals surface area contributed by atoms with Gasteiger partial charge in [0.15, 0.2) is 0 Å². The van der Waals surface area contributed by atoms with Crippen LogP contribution in [-0.4, -0.2) is 69.1 Å². The largest absolute Gasteiger partial charge is 0.508 e. The van der Waals surface area contributed by atoms with E-state index in [4.69, 9.17) is 4.74 Å². The molecule has 146 valence electrons. The molecule has 1 aromatic carbocycles. The topological polar surface area (TPSA) is 66.7 Å². The number of morpholine rings is 1. The van der Waals surface area contributed by atoms with Crippen molar-refractivity contribution in [1.82, 2.24) is 24.6 Å². The Labute approximate surface area is 160 Å². The standard InChI is InChI=1S/C20H29N5O2/c1-23-19(15-24-8-10-27-11-9-24)21-22-20(23)17-5-3-7-25(14-17)13-16-4-2-6-18(26)12-16/h2,4,6,12,17,26H,3,5,7-11,13-15H2,1H3/t17-/m0/s1. The lowest BCUT2D eigenvalue weighted by atomic mass is 9.96. The number of piperidine rings is 1. The van der Waals surface area contributed by atoms with E-state index in [-0.39, 0.29) is 0 Å². The molecule has 2 aliphatic rings. The summed E-state index contributed by atoms with van der Waals surface area (Å²) in [7, 11) is 2.10. The van der Waals surface area contributed by atoms with Gasteiger partial charge in [0.05, 0.1) is 19.8 Å². The highest BCUT2D eigenvalue weighted by Crippen LogP contribution is 2.27. The van der Waals surface area contributed by atoms with Crippen LogP contribution in [0.3, 0.4) is 0 Å². The first kappa shape index (κ1) is 18.4. The van der Waals surface area contributed by atoms with Crippen molar-refractivity contribution >= 4 is 0 Å². The minimum Gasteiger partial charge on any atom is -0.508 e. The van der Waals surface area contributed by atoms with E-state index in [9.17, 15) is 5.11 Å². The molecule has 0 unspecified atom stereocenters. The van der Waals surface area contributed by atoms with Crippen molar-refractivity contribution in [1.29, 1.82) is 0 Å². The van der Waals surface area contributed by atoms with Crippen LogP contribution in [0.1, 0.15) is 36.0 Å². The molecule has 2 saturated heterocycles. The highest BCUT2D eigenvalue weighted by molar-refractivity contribution is 5.27. The Kier molecular flexibility index (Phi) is 5.71. The summed E-state index contributed by atoms with van der Waals surface area (Å²) in [5.74, 6) is 2.88. The van der Waals surface area contributed by atoms with E-state index < -0.39 is 0 Å². The fourth-order valence-electron chi connectivity index (χ4n) is 4.15. The summed E-state index contributed by atoms with van der Waals surface area (Å²) in [6.45, 7) is 7.31. The first-order valence-corrected chi connectivity index (χ1v) is 9.87. The van der Waals surface area contributed by atoms with Crippen molar-refractivity contribution in [2.75, 3.05) is 39.4 Å². The first-order valence-electron chi connectivity index (χ1n) is 9.87. The predicted molar refractivity (Wildman–Crippen MR) is 102 cm³/mol. The number of rotatable bonds is 5. The van der Waals surface area contributed by atoms with Gasteiger partial charge < -0.3 is 14.4 Å². The highest BCUT2D eigenvalue weighted by atomic mass is 16.5. The molecule has 0 saturated carbocycles. The molecular formula is C20H29N5O2. The van der Waals surface area contributed by atoms with Crippen molar-refractivity contribution in [3.63, 3.8) is 0 Å². The van der Waals surface area contributed by atoms with Crippen molar-refractivity contribution in [3.05, 3.63) is 41.5 Å². The lowest BCUT2D eigenvalue weighted by Crippen LogP contribution is -2.36. The SMILES string of the molecule is Cn1c(CN2CCOCC2)nnc1[C@H]1CCCN(Cc2cccc(O)c2)C1. The number of nitrogens with zero attached hydrogens (tertiary/aromatic N) is 5. The lowest BCUT2D eigenvalue weighted by Gasteiger charge is -2.32. The number of phenols is 1. The molecule has 3 heterocycles. The fraction of sp³-hybridized carbons (Fsp3) is 0.600. The zero-order chi connectivity index (χ0) is 18.6. The van der Waals surface area contributed by atoms with Crippen LogP contribution < -0.4 is 0 Å². The van der Waals surface area contributed by atoms with Crippen LogP contribution in [0.15, 0.2) is 24.3 Å². The predicted octanol–water partition coefficient (Wildman–Crippen LogP) is 1.73. The summed E-state index contributed by atoms with van der Waals surface area (Å²) < 4.78 is 7.62. The van der Waals surface area contributed by atoms with E-state index in [0.29, 0.717) is 11.7 Å². The van der Waals surface area contributed by atoms with E-state index in [1.54, 1.807) is 6.07 Å². The summed E-state index contributed by atoms with van der Waals surface area (Å²) in [4.78, 5) is 4.84. The maximum absolute atomic E-state index is 9.69. The Hall–Kier alpha value is -1.96. The minimum absolute atomic E-state index is 0.335. The molecule has 4 rings (SSSR count). The number of ether oxygens (including phenoxy) is 1. The smallest absolute Gasteiger partial charge is 0.146 e. The third-order valence-electron chi connectivity index (χ3n) is 5.65. The molecule has 0 spiro atoms. The zero-order valence-electron chi connectivity index (χ0n) is 16.0. The van der Waals surface area contributed by atoms with E-state index in [0.717, 1.165) is 82.5 Å². The Morgan fingerprint density at radius 3 is 2.78 bits per heavy atom. The summed E-state index contributed by atoms with van der Waals surface area (Å²) in [5.41, 5.74) is 1.15. The molecule has 27 heavy (non-hydrogen) atoms. The van der Waals surface area contributed by atoms with E-state index in [1.807, 2.05) is 12.1 Å². The van der Waals surface area contributed by atoms with E-state index in [2.05, 4.69) is 37.7 Å². The quantitative estimate of drug-likeness (QED) is 0.864. The van der Waals surface area contributed by atoms with Crippen molar-refractivity contribution in [3.8, 4) is 5.75 Å². The van der Waals surface area contributed by atoms with Crippen LogP contribution in [0.2, 0.25) is 0 Å². The molecule has 0 bridgehead atoms. The van der Waals surface area contributed by atoms with Crippen LogP contribution in [0.4, 0.5) is 0 Å². The van der Waals surface area contributed by atoms with Crippen LogP contribution in [-0.2, 0) is 24.9 Å². The van der Waals surface area contributed by atoms with E-state index in [1.165, 1.54) is 0 Å². The van der Waals surface area contributed by atoms with E-state index >= 15 is 0 Å². The molecule has 0 aliphatic carbocycles. The van der Waals surface area contributed by atoms with Gasteiger partial charge in [-0.05, 0) is 37.1 Å². The number of hydrogen-bond donors (Lipinski definition) is 1. The number of likely N-dealkylation sites (tertiary alicyclic amines) is 1. The lowest BCUT2D eigenvalue weighted by molar-refractivity contribution is 0.0326. The molecule has 1 aromatic heterocycles. The fourth-order valence-corrected chi connectivity index (χ4v) is 4.15. The molecule has 1 atom stereocenters. The summed E-state index contributed by atoms with van der Waals surface area (Å²) >= 11 is 0. The van der Waals surface area contributed by atoms with Crippen LogP contribution in [0, 0.1) is 0 Å². The van der Waals surface area contributed by atoms with Gasteiger partial charge in [-0.1, -0.05) is 12.1 Å². The zero-order valence-corrected chi connectivity index (χ0v) is 16.0. The average Bonchev–Trinajstić information content (AvgIpc) is 3.03. The van der Waals surface area contributed by atoms with Crippen molar-refractivity contribution in [2.45, 2.75) is 31.8 Å². The van der Waals surface area contributed by atoms with Crippen molar-refractivity contribution < 1.29 is 9.84 Å². The van der Waals surface area contributed by atoms with Crippen LogP contribution >= 0.6 is 0 Å². The number of benzene rings is 1. The number of phenolic OH excluding ortho intramolecular Hbond substituents is 1. The maximum atomic E-state index is 9.69. The first-order chi connectivity index (χ1) is 13.2. The molecule has 0 radical (unpaired) electrons. The molecule has 2 aliphatic heterocycles. The van der Waals surface area contributed by atoms with Gasteiger partial charge in [-0.3, -0.25) is 9.80 Å². The number of aromatic hydroxyl groups is 1. The molecule has 2 fully saturated rings. The second kappa shape index (κ2) is 8.37. The normalized spacial score (nSPS) is 22.2. The van der Waals surface area contributed by atoms with Crippen molar-refractivity contribution in [2.24, 2.45) is 7.05 Å². The minimum atomic E-state index is 0.335. The second-order valence-corrected chi connectivity index (χ2v) is 7.67. The van der Waals surface area contributed by atoms with Gasteiger partial charge in [-0.2, -0.15) is 0 Å². The highest BCUT2D eigenvalue weighted by Gasteiger charge is 2.26. The monoisotopic (exact) mass is 371 g/mol. The Morgan fingerprint density at radius 1 is 1.11 bits per heavy atom. The average molecular weight is 371 g/mol. The van der Waals surface area contributed by atoms with Crippen LogP contribution in [0.5, 0.6) is 5.75 Å². The molecular weight excluding hydrogens is 342 g/mol. The van der Waals surface area contributed by atoms with Crippen LogP contribution in [0.25, 0.3) is 0 Å². The van der Waals surface area contributed by atoms with Gasteiger partial charge in [0, 0.05) is 39.1 Å².